The molecule has 2 rings (SSSR count). The van der Waals surface area contributed by atoms with Crippen LogP contribution in [0.15, 0.2) is 52.0 Å². The van der Waals surface area contributed by atoms with Crippen LogP contribution in [0.3, 0.4) is 0 Å². The van der Waals surface area contributed by atoms with Gasteiger partial charge in [0.1, 0.15) is 5.75 Å². The van der Waals surface area contributed by atoms with Gasteiger partial charge < -0.3 is 10.4 Å². The number of halogens is 4. The van der Waals surface area contributed by atoms with Crippen molar-refractivity contribution in [3.05, 3.63) is 58.1 Å². The maximum atomic E-state index is 12.9. The highest BCUT2D eigenvalue weighted by Crippen LogP contribution is 2.34. The monoisotopic (exact) mass is 417 g/mol. The highest BCUT2D eigenvalue weighted by Gasteiger charge is 2.33. The van der Waals surface area contributed by atoms with Crippen LogP contribution in [0, 0.1) is 0 Å². The Hall–Kier alpha value is -2.13. The molecule has 0 radical (unpaired) electrons. The average Bonchev–Trinajstić information content (AvgIpc) is 2.50. The van der Waals surface area contributed by atoms with E-state index < -0.39 is 11.7 Å². The fraction of sp³-hybridized carbons (Fsp3) is 0.0667. The summed E-state index contributed by atoms with van der Waals surface area (Å²) in [5.41, 5.74) is 1.80. The Kier molecular flexibility index (Phi) is 5.79. The molecular weight excluding hydrogens is 407 g/mol. The number of nitrogens with one attached hydrogen (secondary N) is 2. The molecule has 126 valence electrons. The van der Waals surface area contributed by atoms with Crippen LogP contribution in [0.25, 0.3) is 0 Å². The van der Waals surface area contributed by atoms with E-state index in [1.54, 1.807) is 12.1 Å². The SMILES string of the molecule is Oc1ccc(Br)cc1/C=N/NC(=S)Nc1ccccc1C(F)(F)F. The third-order valence-electron chi connectivity index (χ3n) is 2.84. The van der Waals surface area contributed by atoms with Crippen LogP contribution in [-0.2, 0) is 6.18 Å². The molecule has 0 unspecified atom stereocenters. The summed E-state index contributed by atoms with van der Waals surface area (Å²) in [6.07, 6.45) is -3.20. The lowest BCUT2D eigenvalue weighted by Gasteiger charge is -2.14. The van der Waals surface area contributed by atoms with Gasteiger partial charge in [-0.15, -0.1) is 0 Å². The van der Waals surface area contributed by atoms with Gasteiger partial charge in [0.15, 0.2) is 5.11 Å². The molecular formula is C15H11BrF3N3OS. The summed E-state index contributed by atoms with van der Waals surface area (Å²) < 4.78 is 39.4. The Balaban J connectivity index is 2.04. The smallest absolute Gasteiger partial charge is 0.418 e. The summed E-state index contributed by atoms with van der Waals surface area (Å²) in [6.45, 7) is 0. The molecule has 0 amide bonds. The number of phenols is 1. The maximum absolute atomic E-state index is 12.9. The number of hydrogen-bond donors (Lipinski definition) is 3. The Morgan fingerprint density at radius 1 is 1.21 bits per heavy atom. The first kappa shape index (κ1) is 18.2. The van der Waals surface area contributed by atoms with Crippen LogP contribution in [0.5, 0.6) is 5.75 Å². The van der Waals surface area contributed by atoms with Gasteiger partial charge in [-0.2, -0.15) is 18.3 Å². The van der Waals surface area contributed by atoms with E-state index in [4.69, 9.17) is 12.2 Å². The van der Waals surface area contributed by atoms with Crippen molar-refractivity contribution in [2.45, 2.75) is 6.18 Å². The van der Waals surface area contributed by atoms with Crippen molar-refractivity contribution in [2.24, 2.45) is 5.10 Å². The highest BCUT2D eigenvalue weighted by molar-refractivity contribution is 9.10. The number of hydrazone groups is 1. The second-order valence-electron chi connectivity index (χ2n) is 4.57. The zero-order valence-corrected chi connectivity index (χ0v) is 14.3. The summed E-state index contributed by atoms with van der Waals surface area (Å²) in [5, 5.41) is 15.8. The number of thiocarbonyl (C=S) groups is 1. The van der Waals surface area contributed by atoms with Gasteiger partial charge in [0, 0.05) is 10.0 Å². The predicted octanol–water partition coefficient (Wildman–Crippen LogP) is 4.49. The normalized spacial score (nSPS) is 11.5. The number of benzene rings is 2. The van der Waals surface area contributed by atoms with Gasteiger partial charge in [-0.1, -0.05) is 28.1 Å². The van der Waals surface area contributed by atoms with Crippen LogP contribution < -0.4 is 10.7 Å². The lowest BCUT2D eigenvalue weighted by molar-refractivity contribution is -0.136. The Bertz CT molecular complexity index is 781. The largest absolute Gasteiger partial charge is 0.507 e. The van der Waals surface area contributed by atoms with E-state index in [1.807, 2.05) is 0 Å². The average molecular weight is 418 g/mol. The standard InChI is InChI=1S/C15H11BrF3N3OS/c16-10-5-6-13(23)9(7-10)8-20-22-14(24)21-12-4-2-1-3-11(12)15(17,18)19/h1-8,23H,(H2,21,22,24)/b20-8+. The predicted molar refractivity (Wildman–Crippen MR) is 94.2 cm³/mol. The molecule has 0 aromatic heterocycles. The van der Waals surface area contributed by atoms with Crippen LogP contribution in [0.4, 0.5) is 18.9 Å². The zero-order chi connectivity index (χ0) is 17.7. The molecule has 3 N–H and O–H groups in total. The molecule has 2 aromatic carbocycles. The van der Waals surface area contributed by atoms with E-state index in [-0.39, 0.29) is 16.5 Å². The molecule has 0 saturated carbocycles. The van der Waals surface area contributed by atoms with Crippen molar-refractivity contribution < 1.29 is 18.3 Å². The van der Waals surface area contributed by atoms with Gasteiger partial charge in [-0.25, -0.2) is 0 Å². The number of rotatable bonds is 3. The summed E-state index contributed by atoms with van der Waals surface area (Å²) in [5.74, 6) is 0.00467. The quantitative estimate of drug-likeness (QED) is 0.391. The minimum Gasteiger partial charge on any atom is -0.507 e. The number of nitrogens with zero attached hydrogens (tertiary/aromatic N) is 1. The van der Waals surface area contributed by atoms with Crippen molar-refractivity contribution in [3.8, 4) is 5.75 Å². The molecule has 0 fully saturated rings. The minimum atomic E-state index is -4.50. The molecule has 0 bridgehead atoms. The van der Waals surface area contributed by atoms with Crippen LogP contribution in [-0.4, -0.2) is 16.4 Å². The van der Waals surface area contributed by atoms with E-state index in [1.165, 1.54) is 30.5 Å². The van der Waals surface area contributed by atoms with Gasteiger partial charge >= 0.3 is 6.18 Å². The third kappa shape index (κ3) is 4.93. The van der Waals surface area contributed by atoms with E-state index in [9.17, 15) is 18.3 Å². The lowest BCUT2D eigenvalue weighted by Crippen LogP contribution is -2.25. The molecule has 4 nitrogen and oxygen atoms in total. The molecule has 0 atom stereocenters. The van der Waals surface area contributed by atoms with E-state index in [2.05, 4.69) is 31.8 Å². The van der Waals surface area contributed by atoms with E-state index in [0.717, 1.165) is 10.5 Å². The Morgan fingerprint density at radius 2 is 1.92 bits per heavy atom. The second kappa shape index (κ2) is 7.63. The highest BCUT2D eigenvalue weighted by atomic mass is 79.9. The maximum Gasteiger partial charge on any atom is 0.418 e. The van der Waals surface area contributed by atoms with Crippen molar-refractivity contribution in [3.63, 3.8) is 0 Å². The van der Waals surface area contributed by atoms with Crippen molar-refractivity contribution in [2.75, 3.05) is 5.32 Å². The summed E-state index contributed by atoms with van der Waals surface area (Å²) in [4.78, 5) is 0. The fourth-order valence-electron chi connectivity index (χ4n) is 1.78. The molecule has 24 heavy (non-hydrogen) atoms. The van der Waals surface area contributed by atoms with Crippen LogP contribution >= 0.6 is 28.1 Å². The van der Waals surface area contributed by atoms with Crippen LogP contribution in [0.1, 0.15) is 11.1 Å². The number of phenolic OH excluding ortho intramolecular Hbond substituents is 1. The summed E-state index contributed by atoms with van der Waals surface area (Å²) in [6, 6.07) is 9.72. The van der Waals surface area contributed by atoms with Gasteiger partial charge in [0.05, 0.1) is 17.5 Å². The number of alkyl halides is 3. The topological polar surface area (TPSA) is 56.7 Å². The first-order valence-electron chi connectivity index (χ1n) is 6.52. The Labute approximate surface area is 149 Å². The lowest BCUT2D eigenvalue weighted by atomic mass is 10.2. The van der Waals surface area contributed by atoms with Gasteiger partial charge in [-0.3, -0.25) is 5.43 Å². The fourth-order valence-corrected chi connectivity index (χ4v) is 2.32. The third-order valence-corrected chi connectivity index (χ3v) is 3.53. The number of anilines is 1. The molecule has 0 aliphatic heterocycles. The molecule has 0 saturated heterocycles. The second-order valence-corrected chi connectivity index (χ2v) is 5.89. The van der Waals surface area contributed by atoms with Crippen molar-refractivity contribution in [1.29, 1.82) is 0 Å². The van der Waals surface area contributed by atoms with Crippen LogP contribution in [0.2, 0.25) is 0 Å². The van der Waals surface area contributed by atoms with Gasteiger partial charge in [-0.05, 0) is 42.5 Å². The van der Waals surface area contributed by atoms with Gasteiger partial charge in [0.25, 0.3) is 0 Å². The van der Waals surface area contributed by atoms with Crippen molar-refractivity contribution in [1.82, 2.24) is 5.43 Å². The minimum absolute atomic E-state index is 0.00467. The molecule has 0 spiro atoms. The first-order valence-corrected chi connectivity index (χ1v) is 7.72. The summed E-state index contributed by atoms with van der Waals surface area (Å²) >= 11 is 8.17. The van der Waals surface area contributed by atoms with E-state index >= 15 is 0 Å². The molecule has 9 heteroatoms. The molecule has 2 aromatic rings. The van der Waals surface area contributed by atoms with Crippen molar-refractivity contribution >= 4 is 45.2 Å². The molecule has 0 aliphatic carbocycles. The Morgan fingerprint density at radius 3 is 2.62 bits per heavy atom. The molecule has 0 aliphatic rings. The number of hydrogen-bond acceptors (Lipinski definition) is 3. The van der Waals surface area contributed by atoms with Gasteiger partial charge in [0.2, 0.25) is 0 Å². The summed E-state index contributed by atoms with van der Waals surface area (Å²) in [7, 11) is 0. The van der Waals surface area contributed by atoms with E-state index in [0.29, 0.717) is 5.56 Å². The first-order chi connectivity index (χ1) is 11.3. The number of para-hydroxylation sites is 1. The number of aromatic hydroxyl groups is 1. The zero-order valence-electron chi connectivity index (χ0n) is 11.9. The molecule has 0 heterocycles.